The van der Waals surface area contributed by atoms with Crippen LogP contribution in [0.15, 0.2) is 30.9 Å². The summed E-state index contributed by atoms with van der Waals surface area (Å²) in [5.41, 5.74) is 1.93. The van der Waals surface area contributed by atoms with E-state index in [9.17, 15) is 0 Å². The van der Waals surface area contributed by atoms with Gasteiger partial charge in [-0.05, 0) is 12.1 Å². The zero-order valence-electron chi connectivity index (χ0n) is 6.16. The molecule has 0 saturated heterocycles. The summed E-state index contributed by atoms with van der Waals surface area (Å²) in [6.07, 6.45) is 5.07. The van der Waals surface area contributed by atoms with Crippen molar-refractivity contribution in [1.82, 2.24) is 15.0 Å². The molecule has 0 spiro atoms. The second kappa shape index (κ2) is 2.95. The molecule has 0 atom stereocenters. The van der Waals surface area contributed by atoms with Crippen LogP contribution in [0, 0.1) is 0 Å². The Morgan fingerprint density at radius 2 is 2.17 bits per heavy atom. The lowest BCUT2D eigenvalue weighted by atomic mass is 10.2. The van der Waals surface area contributed by atoms with E-state index >= 15 is 0 Å². The minimum atomic E-state index is 0.498. The number of nitrogens with zero attached hydrogens (tertiary/aromatic N) is 2. The van der Waals surface area contributed by atoms with Crippen molar-refractivity contribution in [3.05, 3.63) is 36.0 Å². The molecule has 0 amide bonds. The van der Waals surface area contributed by atoms with Gasteiger partial charge in [-0.2, -0.15) is 0 Å². The SMILES string of the molecule is Clc1ccc(-c2cnc[nH]2)cn1. The highest BCUT2D eigenvalue weighted by Gasteiger charge is 1.97. The summed E-state index contributed by atoms with van der Waals surface area (Å²) in [6.45, 7) is 0. The Hall–Kier alpha value is -1.35. The van der Waals surface area contributed by atoms with Crippen LogP contribution in [0.5, 0.6) is 0 Å². The number of aromatic nitrogens is 3. The molecular weight excluding hydrogens is 174 g/mol. The molecule has 0 unspecified atom stereocenters. The molecule has 2 aromatic rings. The van der Waals surface area contributed by atoms with E-state index in [4.69, 9.17) is 11.6 Å². The molecule has 0 aromatic carbocycles. The zero-order chi connectivity index (χ0) is 8.39. The predicted octanol–water partition coefficient (Wildman–Crippen LogP) is 2.13. The Kier molecular flexibility index (Phi) is 1.80. The van der Waals surface area contributed by atoms with Crippen LogP contribution >= 0.6 is 11.6 Å². The van der Waals surface area contributed by atoms with Crippen LogP contribution in [-0.2, 0) is 0 Å². The van der Waals surface area contributed by atoms with Gasteiger partial charge in [0.1, 0.15) is 5.15 Å². The summed E-state index contributed by atoms with van der Waals surface area (Å²) in [5, 5.41) is 0.498. The molecule has 0 radical (unpaired) electrons. The fraction of sp³-hybridized carbons (Fsp3) is 0. The molecule has 2 heterocycles. The molecule has 4 heteroatoms. The highest BCUT2D eigenvalue weighted by molar-refractivity contribution is 6.29. The Bertz CT molecular complexity index is 352. The third kappa shape index (κ3) is 1.31. The molecule has 0 saturated carbocycles. The average Bonchev–Trinajstić information content (AvgIpc) is 2.58. The molecule has 2 rings (SSSR count). The van der Waals surface area contributed by atoms with Crippen molar-refractivity contribution >= 4 is 11.6 Å². The van der Waals surface area contributed by atoms with E-state index in [2.05, 4.69) is 15.0 Å². The first-order valence-corrected chi connectivity index (χ1v) is 3.84. The average molecular weight is 180 g/mol. The fourth-order valence-corrected chi connectivity index (χ4v) is 1.06. The second-order valence-electron chi connectivity index (χ2n) is 2.33. The lowest BCUT2D eigenvalue weighted by molar-refractivity contribution is 1.29. The van der Waals surface area contributed by atoms with E-state index in [0.29, 0.717) is 5.15 Å². The van der Waals surface area contributed by atoms with Crippen LogP contribution in [0.25, 0.3) is 11.3 Å². The van der Waals surface area contributed by atoms with Crippen LogP contribution in [0.2, 0.25) is 5.15 Å². The monoisotopic (exact) mass is 179 g/mol. The van der Waals surface area contributed by atoms with Crippen molar-refractivity contribution in [2.45, 2.75) is 0 Å². The summed E-state index contributed by atoms with van der Waals surface area (Å²) < 4.78 is 0. The van der Waals surface area contributed by atoms with Crippen molar-refractivity contribution in [3.8, 4) is 11.3 Å². The van der Waals surface area contributed by atoms with Gasteiger partial charge in [-0.3, -0.25) is 0 Å². The number of imidazole rings is 1. The van der Waals surface area contributed by atoms with E-state index in [0.717, 1.165) is 11.3 Å². The predicted molar refractivity (Wildman–Crippen MR) is 46.8 cm³/mol. The van der Waals surface area contributed by atoms with Gasteiger partial charge in [-0.15, -0.1) is 0 Å². The molecule has 12 heavy (non-hydrogen) atoms. The summed E-state index contributed by atoms with van der Waals surface area (Å²) in [7, 11) is 0. The quantitative estimate of drug-likeness (QED) is 0.682. The second-order valence-corrected chi connectivity index (χ2v) is 2.72. The standard InChI is InChI=1S/C8H6ClN3/c9-8-2-1-6(3-11-8)7-4-10-5-12-7/h1-5H,(H,10,12). The Morgan fingerprint density at radius 1 is 1.25 bits per heavy atom. The smallest absolute Gasteiger partial charge is 0.129 e. The molecule has 0 aliphatic rings. The fourth-order valence-electron chi connectivity index (χ4n) is 0.949. The van der Waals surface area contributed by atoms with E-state index < -0.39 is 0 Å². The summed E-state index contributed by atoms with van der Waals surface area (Å²) >= 11 is 5.64. The third-order valence-corrected chi connectivity index (χ3v) is 1.76. The topological polar surface area (TPSA) is 41.6 Å². The maximum Gasteiger partial charge on any atom is 0.129 e. The first-order chi connectivity index (χ1) is 5.86. The van der Waals surface area contributed by atoms with Gasteiger partial charge in [0.2, 0.25) is 0 Å². The number of hydrogen-bond donors (Lipinski definition) is 1. The molecule has 60 valence electrons. The summed E-state index contributed by atoms with van der Waals surface area (Å²) in [6, 6.07) is 3.64. The number of H-pyrrole nitrogens is 1. The van der Waals surface area contributed by atoms with Gasteiger partial charge >= 0.3 is 0 Å². The maximum absolute atomic E-state index is 5.64. The van der Waals surface area contributed by atoms with Gasteiger partial charge in [0.15, 0.2) is 0 Å². The van der Waals surface area contributed by atoms with Gasteiger partial charge in [0.25, 0.3) is 0 Å². The van der Waals surface area contributed by atoms with Crippen molar-refractivity contribution in [1.29, 1.82) is 0 Å². The van der Waals surface area contributed by atoms with Crippen molar-refractivity contribution in [2.75, 3.05) is 0 Å². The highest BCUT2D eigenvalue weighted by atomic mass is 35.5. The normalized spacial score (nSPS) is 10.1. The van der Waals surface area contributed by atoms with Gasteiger partial charge in [-0.1, -0.05) is 11.6 Å². The van der Waals surface area contributed by atoms with Gasteiger partial charge in [0, 0.05) is 11.8 Å². The minimum absolute atomic E-state index is 0.498. The molecule has 2 aromatic heterocycles. The molecule has 0 fully saturated rings. The lowest BCUT2D eigenvalue weighted by Gasteiger charge is -1.94. The number of aromatic amines is 1. The zero-order valence-corrected chi connectivity index (χ0v) is 6.92. The lowest BCUT2D eigenvalue weighted by Crippen LogP contribution is -1.79. The molecule has 0 aliphatic carbocycles. The third-order valence-electron chi connectivity index (χ3n) is 1.54. The summed E-state index contributed by atoms with van der Waals surface area (Å²) in [5.74, 6) is 0. The molecular formula is C8H6ClN3. The van der Waals surface area contributed by atoms with Gasteiger partial charge in [-0.25, -0.2) is 9.97 Å². The maximum atomic E-state index is 5.64. The van der Waals surface area contributed by atoms with E-state index in [1.165, 1.54) is 0 Å². The number of rotatable bonds is 1. The first kappa shape index (κ1) is 7.31. The van der Waals surface area contributed by atoms with Crippen molar-refractivity contribution in [3.63, 3.8) is 0 Å². The molecule has 0 aliphatic heterocycles. The summed E-state index contributed by atoms with van der Waals surface area (Å²) in [4.78, 5) is 10.8. The molecule has 3 nitrogen and oxygen atoms in total. The van der Waals surface area contributed by atoms with Gasteiger partial charge < -0.3 is 4.98 Å². The van der Waals surface area contributed by atoms with Crippen molar-refractivity contribution < 1.29 is 0 Å². The van der Waals surface area contributed by atoms with Crippen LogP contribution < -0.4 is 0 Å². The van der Waals surface area contributed by atoms with E-state index in [1.54, 1.807) is 24.8 Å². The largest absolute Gasteiger partial charge is 0.345 e. The number of nitrogens with one attached hydrogen (secondary N) is 1. The highest BCUT2D eigenvalue weighted by Crippen LogP contribution is 2.15. The number of halogens is 1. The first-order valence-electron chi connectivity index (χ1n) is 3.46. The Labute approximate surface area is 74.4 Å². The van der Waals surface area contributed by atoms with Crippen molar-refractivity contribution in [2.24, 2.45) is 0 Å². The van der Waals surface area contributed by atoms with Gasteiger partial charge in [0.05, 0.1) is 18.2 Å². The number of hydrogen-bond acceptors (Lipinski definition) is 2. The minimum Gasteiger partial charge on any atom is -0.345 e. The Morgan fingerprint density at radius 3 is 2.75 bits per heavy atom. The Balaban J connectivity index is 2.43. The van der Waals surface area contributed by atoms with Crippen LogP contribution in [0.4, 0.5) is 0 Å². The van der Waals surface area contributed by atoms with E-state index in [-0.39, 0.29) is 0 Å². The van der Waals surface area contributed by atoms with E-state index in [1.807, 2.05) is 6.07 Å². The van der Waals surface area contributed by atoms with Crippen LogP contribution in [0.1, 0.15) is 0 Å². The molecule has 0 bridgehead atoms. The van der Waals surface area contributed by atoms with Crippen LogP contribution in [-0.4, -0.2) is 15.0 Å². The van der Waals surface area contributed by atoms with Crippen LogP contribution in [0.3, 0.4) is 0 Å². The number of pyridine rings is 1. The molecule has 1 N–H and O–H groups in total.